The van der Waals surface area contributed by atoms with Crippen LogP contribution in [0.15, 0.2) is 47.1 Å². The van der Waals surface area contributed by atoms with Gasteiger partial charge in [-0.3, -0.25) is 0 Å². The Balaban J connectivity index is 2.79. The van der Waals surface area contributed by atoms with Crippen molar-refractivity contribution in [2.45, 2.75) is 72.3 Å². The lowest BCUT2D eigenvalue weighted by molar-refractivity contribution is 0.133. The third-order valence-corrected chi connectivity index (χ3v) is 4.18. The van der Waals surface area contributed by atoms with Gasteiger partial charge in [-0.1, -0.05) is 47.1 Å². The molecule has 1 aliphatic carbocycles. The zero-order valence-corrected chi connectivity index (χ0v) is 14.4. The summed E-state index contributed by atoms with van der Waals surface area (Å²) in [5.41, 5.74) is 3.70. The highest BCUT2D eigenvalue weighted by atomic mass is 16.3. The summed E-state index contributed by atoms with van der Waals surface area (Å²) in [6.45, 7) is 10.3. The van der Waals surface area contributed by atoms with Gasteiger partial charge in [-0.15, -0.1) is 0 Å². The topological polar surface area (TPSA) is 20.2 Å². The molecule has 0 aromatic heterocycles. The fourth-order valence-electron chi connectivity index (χ4n) is 2.60. The number of aliphatic hydroxyl groups is 1. The summed E-state index contributed by atoms with van der Waals surface area (Å²) in [7, 11) is 0. The van der Waals surface area contributed by atoms with Gasteiger partial charge in [-0.05, 0) is 72.6 Å². The maximum absolute atomic E-state index is 9.73. The van der Waals surface area contributed by atoms with Gasteiger partial charge in [0, 0.05) is 0 Å². The Morgan fingerprint density at radius 2 is 1.86 bits per heavy atom. The van der Waals surface area contributed by atoms with Gasteiger partial charge in [0.05, 0.1) is 5.60 Å². The molecule has 1 heteroatoms. The third-order valence-electron chi connectivity index (χ3n) is 4.18. The molecule has 0 aliphatic heterocycles. The van der Waals surface area contributed by atoms with Gasteiger partial charge < -0.3 is 5.11 Å². The SMILES string of the molecule is CC1=CC[C@@H](C(C)=C/C=C/C(C)(C)O)CCC(C)=CCC1. The van der Waals surface area contributed by atoms with Gasteiger partial charge in [0.15, 0.2) is 0 Å². The standard InChI is InChI=1S/C20H32O/c1-16-8-6-9-17(2)12-14-19(13-11-16)18(3)10-7-15-20(4,5)21/h7-8,10,12,15,19,21H,6,9,11,13-14H2,1-5H3/b15-7+,16-8?,17-12?,18-10?/t19-/m0/s1. The van der Waals surface area contributed by atoms with Crippen LogP contribution in [0.1, 0.15) is 66.7 Å². The second kappa shape index (κ2) is 8.38. The van der Waals surface area contributed by atoms with Gasteiger partial charge in [0.2, 0.25) is 0 Å². The van der Waals surface area contributed by atoms with Crippen molar-refractivity contribution in [3.05, 3.63) is 47.1 Å². The van der Waals surface area contributed by atoms with Crippen LogP contribution in [0, 0.1) is 5.92 Å². The first-order valence-electron chi connectivity index (χ1n) is 8.17. The van der Waals surface area contributed by atoms with Crippen LogP contribution < -0.4 is 0 Å². The second-order valence-corrected chi connectivity index (χ2v) is 7.03. The molecule has 1 atom stereocenters. The van der Waals surface area contributed by atoms with E-state index in [1.54, 1.807) is 13.8 Å². The van der Waals surface area contributed by atoms with Crippen LogP contribution in [0.2, 0.25) is 0 Å². The lowest BCUT2D eigenvalue weighted by atomic mass is 9.88. The molecule has 0 heterocycles. The number of hydrogen-bond donors (Lipinski definition) is 1. The van der Waals surface area contributed by atoms with Crippen molar-refractivity contribution >= 4 is 0 Å². The van der Waals surface area contributed by atoms with Crippen molar-refractivity contribution in [1.29, 1.82) is 0 Å². The maximum atomic E-state index is 9.73. The van der Waals surface area contributed by atoms with Gasteiger partial charge in [-0.25, -0.2) is 0 Å². The normalized spacial score (nSPS) is 23.0. The van der Waals surface area contributed by atoms with Gasteiger partial charge in [0.1, 0.15) is 0 Å². The molecule has 0 bridgehead atoms. The molecule has 1 nitrogen and oxygen atoms in total. The second-order valence-electron chi connectivity index (χ2n) is 7.03. The van der Waals surface area contributed by atoms with Crippen LogP contribution in [0.5, 0.6) is 0 Å². The zero-order valence-electron chi connectivity index (χ0n) is 14.4. The number of hydrogen-bond acceptors (Lipinski definition) is 1. The van der Waals surface area contributed by atoms with Crippen LogP contribution in [0.25, 0.3) is 0 Å². The Morgan fingerprint density at radius 3 is 2.52 bits per heavy atom. The maximum Gasteiger partial charge on any atom is 0.0774 e. The highest BCUT2D eigenvalue weighted by Crippen LogP contribution is 2.26. The molecular weight excluding hydrogens is 256 g/mol. The zero-order chi connectivity index (χ0) is 15.9. The predicted molar refractivity (Wildman–Crippen MR) is 93.3 cm³/mol. The van der Waals surface area contributed by atoms with E-state index in [1.807, 2.05) is 12.2 Å². The van der Waals surface area contributed by atoms with Crippen LogP contribution in [-0.2, 0) is 0 Å². The van der Waals surface area contributed by atoms with E-state index < -0.39 is 5.60 Å². The summed E-state index contributed by atoms with van der Waals surface area (Å²) in [5.74, 6) is 0.604. The van der Waals surface area contributed by atoms with E-state index >= 15 is 0 Å². The van der Waals surface area contributed by atoms with Crippen LogP contribution in [-0.4, -0.2) is 10.7 Å². The monoisotopic (exact) mass is 288 g/mol. The van der Waals surface area contributed by atoms with Gasteiger partial charge >= 0.3 is 0 Å². The van der Waals surface area contributed by atoms with Crippen LogP contribution in [0.3, 0.4) is 0 Å². The van der Waals surface area contributed by atoms with E-state index in [1.165, 1.54) is 42.4 Å². The summed E-state index contributed by atoms with van der Waals surface area (Å²) < 4.78 is 0. The molecule has 0 saturated heterocycles. The average Bonchev–Trinajstić information content (AvgIpc) is 2.36. The Bertz CT molecular complexity index is 441. The Labute approximate surface area is 131 Å². The van der Waals surface area contributed by atoms with E-state index in [0.717, 1.165) is 6.42 Å². The predicted octanol–water partition coefficient (Wildman–Crippen LogP) is 5.73. The van der Waals surface area contributed by atoms with E-state index in [4.69, 9.17) is 0 Å². The summed E-state index contributed by atoms with van der Waals surface area (Å²) in [6, 6.07) is 0. The summed E-state index contributed by atoms with van der Waals surface area (Å²) >= 11 is 0. The minimum Gasteiger partial charge on any atom is -0.386 e. The molecule has 1 aliphatic rings. The Morgan fingerprint density at radius 1 is 1.19 bits per heavy atom. The Kier molecular flexibility index (Phi) is 7.17. The third kappa shape index (κ3) is 8.06. The molecule has 1 N–H and O–H groups in total. The Hall–Kier alpha value is -1.08. The highest BCUT2D eigenvalue weighted by molar-refractivity contribution is 5.18. The summed E-state index contributed by atoms with van der Waals surface area (Å²) in [4.78, 5) is 0. The van der Waals surface area contributed by atoms with Crippen LogP contribution in [0.4, 0.5) is 0 Å². The van der Waals surface area contributed by atoms with Crippen molar-refractivity contribution < 1.29 is 5.11 Å². The summed E-state index contributed by atoms with van der Waals surface area (Å²) in [6.07, 6.45) is 16.7. The first-order valence-corrected chi connectivity index (χ1v) is 8.17. The van der Waals surface area contributed by atoms with E-state index in [2.05, 4.69) is 39.0 Å². The molecule has 21 heavy (non-hydrogen) atoms. The lowest BCUT2D eigenvalue weighted by Crippen LogP contribution is -2.13. The molecule has 1 rings (SSSR count). The van der Waals surface area contributed by atoms with Gasteiger partial charge in [0.25, 0.3) is 0 Å². The minimum atomic E-state index is -0.733. The van der Waals surface area contributed by atoms with Crippen molar-refractivity contribution in [3.63, 3.8) is 0 Å². The van der Waals surface area contributed by atoms with E-state index in [9.17, 15) is 5.11 Å². The molecule has 118 valence electrons. The largest absolute Gasteiger partial charge is 0.386 e. The lowest BCUT2D eigenvalue weighted by Gasteiger charge is -2.18. The van der Waals surface area contributed by atoms with E-state index in [0.29, 0.717) is 5.92 Å². The quantitative estimate of drug-likeness (QED) is 0.519. The molecule has 0 saturated carbocycles. The molecule has 0 amide bonds. The average molecular weight is 288 g/mol. The smallest absolute Gasteiger partial charge is 0.0774 e. The molecule has 0 unspecified atom stereocenters. The first-order chi connectivity index (χ1) is 9.78. The van der Waals surface area contributed by atoms with Crippen molar-refractivity contribution in [2.75, 3.05) is 0 Å². The van der Waals surface area contributed by atoms with Gasteiger partial charge in [-0.2, -0.15) is 0 Å². The first kappa shape index (κ1) is 18.0. The molecular formula is C20H32O. The highest BCUT2D eigenvalue weighted by Gasteiger charge is 2.11. The fourth-order valence-corrected chi connectivity index (χ4v) is 2.60. The summed E-state index contributed by atoms with van der Waals surface area (Å²) in [5, 5.41) is 9.73. The fraction of sp³-hybridized carbons (Fsp3) is 0.600. The van der Waals surface area contributed by atoms with Crippen molar-refractivity contribution in [3.8, 4) is 0 Å². The van der Waals surface area contributed by atoms with E-state index in [-0.39, 0.29) is 0 Å². The molecule has 0 radical (unpaired) electrons. The number of rotatable bonds is 3. The molecule has 0 fully saturated rings. The minimum absolute atomic E-state index is 0.604. The van der Waals surface area contributed by atoms with Crippen molar-refractivity contribution in [2.24, 2.45) is 5.92 Å². The van der Waals surface area contributed by atoms with Crippen LogP contribution >= 0.6 is 0 Å². The van der Waals surface area contributed by atoms with Crippen molar-refractivity contribution in [1.82, 2.24) is 0 Å². The molecule has 0 aromatic carbocycles. The number of allylic oxidation sites excluding steroid dienone is 7. The molecule has 0 spiro atoms. The molecule has 0 aromatic rings.